The largest absolute Gasteiger partial charge is 0.416 e. The summed E-state index contributed by atoms with van der Waals surface area (Å²) in [7, 11) is 2.10. The standard InChI is InChI=1S/C24H30F3N3O/c1-4-18-12-20(24(25,26)27)10-11-21(18)22(31)29-28-15-23(19-8-6-5-7-9-19)13-17(2)14-30(3)16-23/h5-12,17,28H,4,13-16H2,1-3H3,(H,29,31). The minimum atomic E-state index is -4.43. The number of aryl methyl sites for hydroxylation is 1. The van der Waals surface area contributed by atoms with E-state index in [1.165, 1.54) is 11.6 Å². The SMILES string of the molecule is CCc1cc(C(F)(F)F)ccc1C(=O)NNCC1(c2ccccc2)CC(C)CN(C)C1. The van der Waals surface area contributed by atoms with Crippen LogP contribution in [0.2, 0.25) is 0 Å². The summed E-state index contributed by atoms with van der Waals surface area (Å²) in [5.74, 6) is 0.0732. The molecule has 0 radical (unpaired) electrons. The highest BCUT2D eigenvalue weighted by atomic mass is 19.4. The van der Waals surface area contributed by atoms with Gasteiger partial charge in [0.05, 0.1) is 5.56 Å². The van der Waals surface area contributed by atoms with Gasteiger partial charge >= 0.3 is 6.18 Å². The van der Waals surface area contributed by atoms with Crippen molar-refractivity contribution in [3.05, 3.63) is 70.8 Å². The summed E-state index contributed by atoms with van der Waals surface area (Å²) in [6, 6.07) is 13.5. The van der Waals surface area contributed by atoms with Crippen LogP contribution in [0.5, 0.6) is 0 Å². The normalized spacial score (nSPS) is 22.3. The first kappa shape index (κ1) is 23.3. The van der Waals surface area contributed by atoms with E-state index in [0.717, 1.165) is 31.6 Å². The second-order valence-corrected chi connectivity index (χ2v) is 8.68. The van der Waals surface area contributed by atoms with E-state index in [0.29, 0.717) is 24.4 Å². The molecule has 1 heterocycles. The maximum atomic E-state index is 13.0. The molecule has 1 aliphatic rings. The highest BCUT2D eigenvalue weighted by molar-refractivity contribution is 5.95. The van der Waals surface area contributed by atoms with Gasteiger partial charge in [-0.15, -0.1) is 0 Å². The van der Waals surface area contributed by atoms with E-state index in [-0.39, 0.29) is 11.0 Å². The Morgan fingerprint density at radius 2 is 1.90 bits per heavy atom. The van der Waals surface area contributed by atoms with Gasteiger partial charge in [-0.1, -0.05) is 44.2 Å². The predicted octanol–water partition coefficient (Wildman–Crippen LogP) is 4.41. The smallest absolute Gasteiger partial charge is 0.305 e. The molecule has 3 rings (SSSR count). The van der Waals surface area contributed by atoms with Gasteiger partial charge in [0.1, 0.15) is 0 Å². The molecule has 2 aromatic rings. The zero-order valence-electron chi connectivity index (χ0n) is 18.2. The molecule has 1 aliphatic heterocycles. The number of carbonyl (C=O) groups is 1. The van der Waals surface area contributed by atoms with Crippen molar-refractivity contribution in [2.45, 2.75) is 38.3 Å². The fourth-order valence-electron chi connectivity index (χ4n) is 4.79. The van der Waals surface area contributed by atoms with Crippen LogP contribution >= 0.6 is 0 Å². The molecule has 0 aromatic heterocycles. The summed E-state index contributed by atoms with van der Waals surface area (Å²) in [4.78, 5) is 15.0. The fraction of sp³-hybridized carbons (Fsp3) is 0.458. The number of amides is 1. The second-order valence-electron chi connectivity index (χ2n) is 8.68. The minimum absolute atomic E-state index is 0.172. The third kappa shape index (κ3) is 5.46. The van der Waals surface area contributed by atoms with Crippen LogP contribution in [0.1, 0.15) is 47.3 Å². The molecule has 1 fully saturated rings. The van der Waals surface area contributed by atoms with Crippen LogP contribution in [-0.2, 0) is 18.0 Å². The number of hydrazine groups is 1. The maximum absolute atomic E-state index is 13.0. The van der Waals surface area contributed by atoms with Crippen molar-refractivity contribution in [2.24, 2.45) is 5.92 Å². The lowest BCUT2D eigenvalue weighted by Crippen LogP contribution is -2.55. The highest BCUT2D eigenvalue weighted by Gasteiger charge is 2.38. The van der Waals surface area contributed by atoms with Gasteiger partial charge in [-0.25, -0.2) is 5.43 Å². The molecule has 168 valence electrons. The summed E-state index contributed by atoms with van der Waals surface area (Å²) < 4.78 is 39.0. The van der Waals surface area contributed by atoms with E-state index < -0.39 is 17.6 Å². The fourth-order valence-corrected chi connectivity index (χ4v) is 4.79. The summed E-state index contributed by atoms with van der Waals surface area (Å²) >= 11 is 0. The van der Waals surface area contributed by atoms with Crippen molar-refractivity contribution in [3.63, 3.8) is 0 Å². The van der Waals surface area contributed by atoms with Crippen molar-refractivity contribution in [1.29, 1.82) is 0 Å². The van der Waals surface area contributed by atoms with Crippen molar-refractivity contribution >= 4 is 5.91 Å². The minimum Gasteiger partial charge on any atom is -0.305 e. The lowest BCUT2D eigenvalue weighted by atomic mass is 9.71. The number of nitrogens with zero attached hydrogens (tertiary/aromatic N) is 1. The molecular formula is C24H30F3N3O. The summed E-state index contributed by atoms with van der Waals surface area (Å²) in [5.41, 5.74) is 6.72. The van der Waals surface area contributed by atoms with E-state index in [2.05, 4.69) is 41.9 Å². The quantitative estimate of drug-likeness (QED) is 0.664. The first-order chi connectivity index (χ1) is 14.6. The number of nitrogens with one attached hydrogen (secondary N) is 2. The van der Waals surface area contributed by atoms with E-state index in [1.54, 1.807) is 6.92 Å². The molecule has 31 heavy (non-hydrogen) atoms. The van der Waals surface area contributed by atoms with Crippen LogP contribution < -0.4 is 10.9 Å². The lowest BCUT2D eigenvalue weighted by Gasteiger charge is -2.45. The Kier molecular flexibility index (Phi) is 7.06. The van der Waals surface area contributed by atoms with Crippen LogP contribution in [0.3, 0.4) is 0 Å². The molecule has 4 nitrogen and oxygen atoms in total. The number of rotatable bonds is 6. The Hall–Kier alpha value is -2.38. The van der Waals surface area contributed by atoms with Crippen molar-refractivity contribution < 1.29 is 18.0 Å². The molecule has 0 bridgehead atoms. The van der Waals surface area contributed by atoms with Crippen molar-refractivity contribution in [3.8, 4) is 0 Å². The maximum Gasteiger partial charge on any atom is 0.416 e. The molecule has 7 heteroatoms. The predicted molar refractivity (Wildman–Crippen MR) is 116 cm³/mol. The summed E-state index contributed by atoms with van der Waals surface area (Å²) in [5, 5.41) is 0. The van der Waals surface area contributed by atoms with Gasteiger partial charge in [0, 0.05) is 30.6 Å². The molecule has 0 aliphatic carbocycles. The van der Waals surface area contributed by atoms with Gasteiger partial charge in [-0.2, -0.15) is 13.2 Å². The van der Waals surface area contributed by atoms with Gasteiger partial charge < -0.3 is 4.90 Å². The van der Waals surface area contributed by atoms with Crippen LogP contribution in [0.4, 0.5) is 13.2 Å². The molecule has 1 saturated heterocycles. The zero-order chi connectivity index (χ0) is 22.6. The molecule has 2 unspecified atom stereocenters. The van der Waals surface area contributed by atoms with E-state index >= 15 is 0 Å². The highest BCUT2D eigenvalue weighted by Crippen LogP contribution is 2.35. The molecule has 0 spiro atoms. The van der Waals surface area contributed by atoms with Crippen molar-refractivity contribution in [1.82, 2.24) is 15.8 Å². The van der Waals surface area contributed by atoms with Crippen LogP contribution in [0.15, 0.2) is 48.5 Å². The van der Waals surface area contributed by atoms with Gasteiger partial charge in [0.15, 0.2) is 0 Å². The third-order valence-corrected chi connectivity index (χ3v) is 6.01. The van der Waals surface area contributed by atoms with Crippen LogP contribution in [0.25, 0.3) is 0 Å². The number of benzene rings is 2. The first-order valence-electron chi connectivity index (χ1n) is 10.6. The molecule has 2 N–H and O–H groups in total. The number of carbonyl (C=O) groups excluding carboxylic acids is 1. The summed E-state index contributed by atoms with van der Waals surface area (Å²) in [6.07, 6.45) is -3.11. The van der Waals surface area contributed by atoms with E-state index in [1.807, 2.05) is 18.2 Å². The van der Waals surface area contributed by atoms with Gasteiger partial charge in [-0.05, 0) is 55.1 Å². The summed E-state index contributed by atoms with van der Waals surface area (Å²) in [6.45, 7) is 6.36. The van der Waals surface area contributed by atoms with E-state index in [4.69, 9.17) is 0 Å². The Labute approximate surface area is 181 Å². The molecule has 2 aromatic carbocycles. The average Bonchev–Trinajstić information content (AvgIpc) is 2.72. The Bertz CT molecular complexity index is 889. The molecule has 1 amide bonds. The topological polar surface area (TPSA) is 44.4 Å². The van der Waals surface area contributed by atoms with Gasteiger partial charge in [0.2, 0.25) is 0 Å². The molecule has 0 saturated carbocycles. The number of hydrogen-bond acceptors (Lipinski definition) is 3. The number of piperidine rings is 1. The molecular weight excluding hydrogens is 403 g/mol. The van der Waals surface area contributed by atoms with E-state index in [9.17, 15) is 18.0 Å². The van der Waals surface area contributed by atoms with Gasteiger partial charge in [-0.3, -0.25) is 10.2 Å². The van der Waals surface area contributed by atoms with Crippen LogP contribution in [-0.4, -0.2) is 37.5 Å². The Morgan fingerprint density at radius 1 is 1.19 bits per heavy atom. The number of likely N-dealkylation sites (N-methyl/N-ethyl adjacent to an activating group) is 1. The van der Waals surface area contributed by atoms with Crippen molar-refractivity contribution in [2.75, 3.05) is 26.7 Å². The average molecular weight is 434 g/mol. The zero-order valence-corrected chi connectivity index (χ0v) is 18.2. The number of halogens is 3. The number of alkyl halides is 3. The Balaban J connectivity index is 1.75. The first-order valence-corrected chi connectivity index (χ1v) is 10.6. The second kappa shape index (κ2) is 9.40. The third-order valence-electron chi connectivity index (χ3n) is 6.01. The molecule has 2 atom stereocenters. The van der Waals surface area contributed by atoms with Crippen LogP contribution in [0, 0.1) is 5.92 Å². The van der Waals surface area contributed by atoms with Gasteiger partial charge in [0.25, 0.3) is 5.91 Å². The number of likely N-dealkylation sites (tertiary alicyclic amines) is 1. The Morgan fingerprint density at radius 3 is 2.52 bits per heavy atom. The monoisotopic (exact) mass is 433 g/mol. The number of hydrogen-bond donors (Lipinski definition) is 2. The lowest BCUT2D eigenvalue weighted by molar-refractivity contribution is -0.137.